The normalized spacial score (nSPS) is 36.2. The van der Waals surface area contributed by atoms with E-state index in [4.69, 9.17) is 48.2 Å². The van der Waals surface area contributed by atoms with Crippen molar-refractivity contribution in [3.8, 4) is 0 Å². The number of rotatable bonds is 0. The lowest BCUT2D eigenvalue weighted by atomic mass is 10.8. The molecular weight excluding hydrogens is 243 g/mol. The highest BCUT2D eigenvalue weighted by Gasteiger charge is 2.52. The van der Waals surface area contributed by atoms with Crippen LogP contribution < -0.4 is 31.6 Å². The predicted molar refractivity (Wildman–Crippen MR) is 59.4 cm³/mol. The Morgan fingerprint density at radius 2 is 1.58 bits per heavy atom. The minimum absolute atomic E-state index is 0.0130. The Morgan fingerprint density at radius 3 is 1.67 bits per heavy atom. The Morgan fingerprint density at radius 1 is 1.17 bits per heavy atom. The van der Waals surface area contributed by atoms with E-state index >= 15 is 0 Å². The summed E-state index contributed by atoms with van der Waals surface area (Å²) in [6, 6.07) is 0. The molecule has 0 bridgehead atoms. The van der Waals surface area contributed by atoms with Crippen LogP contribution in [-0.4, -0.2) is 0 Å². The maximum absolute atomic E-state index is 5.81. The molecule has 0 unspecified atom stereocenters. The summed E-state index contributed by atoms with van der Waals surface area (Å²) in [5.41, 5.74) is 10.9. The molecule has 0 saturated carbocycles. The molecule has 76 valence electrons. The average Bonchev–Trinajstić information content (AvgIpc) is 1.90. The topological polar surface area (TPSA) is 142 Å². The first-order chi connectivity index (χ1) is 5.07. The zero-order chi connectivity index (χ0) is 9.81. The smallest absolute Gasteiger partial charge is 0.139 e. The number of hydrogen-bond acceptors (Lipinski definition) is 6. The third-order valence-electron chi connectivity index (χ3n) is 1.54. The van der Waals surface area contributed by atoms with E-state index in [1.54, 1.807) is 0 Å². The minimum Gasteiger partial charge on any atom is -0.390 e. The fourth-order valence-electron chi connectivity index (χ4n) is 0.668. The van der Waals surface area contributed by atoms with Crippen LogP contribution in [0, 0.1) is 0 Å². The van der Waals surface area contributed by atoms with Crippen molar-refractivity contribution in [2.45, 2.75) is 0 Å². The van der Waals surface area contributed by atoms with Crippen molar-refractivity contribution < 1.29 is 0 Å². The Bertz CT molecular complexity index is 264. The molecule has 0 radical (unpaired) electrons. The first kappa shape index (κ1) is 10.4. The van der Waals surface area contributed by atoms with Gasteiger partial charge in [-0.3, -0.25) is 20.1 Å². The molecule has 0 aromatic rings. The van der Waals surface area contributed by atoms with Crippen LogP contribution in [0.4, 0.5) is 0 Å². The summed E-state index contributed by atoms with van der Waals surface area (Å²) in [5.74, 6) is 0.0696. The SMILES string of the molecule is NC1=C(N)[SH](N)(N)(N)S(Cl)(Cl)N1. The van der Waals surface area contributed by atoms with Crippen LogP contribution in [0.2, 0.25) is 0 Å². The van der Waals surface area contributed by atoms with Gasteiger partial charge in [-0.25, -0.2) is 0 Å². The van der Waals surface area contributed by atoms with Gasteiger partial charge in [-0.2, -0.15) is 0 Å². The lowest BCUT2D eigenvalue weighted by molar-refractivity contribution is 1.13. The molecule has 0 aliphatic carbocycles. The summed E-state index contributed by atoms with van der Waals surface area (Å²) >= 11 is 0. The lowest BCUT2D eigenvalue weighted by Gasteiger charge is -2.57. The van der Waals surface area contributed by atoms with Crippen molar-refractivity contribution in [3.05, 3.63) is 10.9 Å². The second-order valence-corrected chi connectivity index (χ2v) is 15.3. The van der Waals surface area contributed by atoms with Gasteiger partial charge in [0, 0.05) is 7.67 Å². The molecule has 11 N–H and O–H groups in total. The Kier molecular flexibility index (Phi) is 1.91. The second kappa shape index (κ2) is 2.21. The Labute approximate surface area is 80.3 Å². The van der Waals surface area contributed by atoms with E-state index in [0.717, 1.165) is 0 Å². The average molecular weight is 255 g/mol. The maximum Gasteiger partial charge on any atom is 0.139 e. The maximum atomic E-state index is 5.81. The van der Waals surface area contributed by atoms with Crippen LogP contribution in [0.5, 0.6) is 0 Å². The summed E-state index contributed by atoms with van der Waals surface area (Å²) in [6.45, 7) is 0. The zero-order valence-electron chi connectivity index (χ0n) is 6.00. The molecule has 6 nitrogen and oxygen atoms in total. The second-order valence-electron chi connectivity index (χ2n) is 2.58. The van der Waals surface area contributed by atoms with Crippen molar-refractivity contribution in [1.82, 2.24) is 4.72 Å². The van der Waals surface area contributed by atoms with Crippen LogP contribution in [0.15, 0.2) is 10.9 Å². The molecule has 1 aliphatic rings. The van der Waals surface area contributed by atoms with E-state index in [2.05, 4.69) is 4.72 Å². The quantitative estimate of drug-likeness (QED) is 0.225. The molecule has 0 aromatic heterocycles. The first-order valence-corrected chi connectivity index (χ1v) is 9.10. The van der Waals surface area contributed by atoms with E-state index in [0.29, 0.717) is 0 Å². The van der Waals surface area contributed by atoms with Crippen LogP contribution in [0.1, 0.15) is 0 Å². The molecule has 0 saturated heterocycles. The van der Waals surface area contributed by atoms with Gasteiger partial charge in [0.25, 0.3) is 0 Å². The lowest BCUT2D eigenvalue weighted by Crippen LogP contribution is -2.47. The van der Waals surface area contributed by atoms with Gasteiger partial charge in [-0.05, 0) is 21.4 Å². The van der Waals surface area contributed by atoms with Gasteiger partial charge in [0.15, 0.2) is 0 Å². The van der Waals surface area contributed by atoms with E-state index in [1.165, 1.54) is 0 Å². The van der Waals surface area contributed by atoms with Crippen molar-refractivity contribution in [3.63, 3.8) is 0 Å². The highest BCUT2D eigenvalue weighted by atomic mass is 36.0. The Balaban J connectivity index is 3.32. The highest BCUT2D eigenvalue weighted by molar-refractivity contribution is 9.27. The predicted octanol–water partition coefficient (Wildman–Crippen LogP) is -0.731. The molecule has 1 aliphatic heterocycles. The monoisotopic (exact) mass is 254 g/mol. The van der Waals surface area contributed by atoms with Crippen molar-refractivity contribution in [2.24, 2.45) is 26.9 Å². The van der Waals surface area contributed by atoms with Gasteiger partial charge in [-0.15, -0.1) is 0 Å². The zero-order valence-corrected chi connectivity index (χ0v) is 9.22. The number of nitrogens with two attached hydrogens (primary N) is 5. The van der Waals surface area contributed by atoms with Crippen molar-refractivity contribution in [2.75, 3.05) is 0 Å². The van der Waals surface area contributed by atoms with E-state index < -0.39 is 16.4 Å². The van der Waals surface area contributed by atoms with Crippen molar-refractivity contribution >= 4 is 37.8 Å². The third kappa shape index (κ3) is 1.04. The highest BCUT2D eigenvalue weighted by Crippen LogP contribution is 2.91. The van der Waals surface area contributed by atoms with Gasteiger partial charge in [0.05, 0.1) is 0 Å². The molecule has 12 heavy (non-hydrogen) atoms. The number of nitrogens with one attached hydrogen (secondary N) is 1. The number of thiol groups is 1. The largest absolute Gasteiger partial charge is 0.390 e. The molecule has 0 spiro atoms. The molecule has 0 aromatic carbocycles. The van der Waals surface area contributed by atoms with Gasteiger partial charge in [0.2, 0.25) is 0 Å². The molecule has 1 rings (SSSR count). The fraction of sp³-hybridized carbons (Fsp3) is 0. The third-order valence-corrected chi connectivity index (χ3v) is 14.2. The van der Waals surface area contributed by atoms with Gasteiger partial charge < -0.3 is 11.5 Å². The summed E-state index contributed by atoms with van der Waals surface area (Å²) in [4.78, 5) is 0. The molecule has 1 heterocycles. The molecular formula is C2H12Cl2N6S2. The standard InChI is InChI=1S/C2H12Cl2N6S2/c3-11(4)10-1(5)2(6)12(11,7,8)9/h10,12H,5-9H2. The van der Waals surface area contributed by atoms with Crippen LogP contribution in [0.25, 0.3) is 0 Å². The molecule has 0 amide bonds. The fourth-order valence-corrected chi connectivity index (χ4v) is 5.92. The molecule has 0 fully saturated rings. The van der Waals surface area contributed by atoms with Crippen LogP contribution >= 0.6 is 37.8 Å². The van der Waals surface area contributed by atoms with E-state index in [9.17, 15) is 0 Å². The van der Waals surface area contributed by atoms with Gasteiger partial charge in [0.1, 0.15) is 10.9 Å². The van der Waals surface area contributed by atoms with E-state index in [1.807, 2.05) is 0 Å². The molecule has 0 atom stereocenters. The minimum atomic E-state index is -3.87. The summed E-state index contributed by atoms with van der Waals surface area (Å²) < 4.78 is 2.50. The van der Waals surface area contributed by atoms with Crippen LogP contribution in [0.3, 0.4) is 0 Å². The van der Waals surface area contributed by atoms with Crippen molar-refractivity contribution in [1.29, 1.82) is 0 Å². The summed E-state index contributed by atoms with van der Waals surface area (Å²) in [7, 11) is 5.16. The molecule has 10 heteroatoms. The first-order valence-electron chi connectivity index (χ1n) is 2.77. The number of halogens is 2. The van der Waals surface area contributed by atoms with E-state index in [-0.39, 0.29) is 10.9 Å². The van der Waals surface area contributed by atoms with Gasteiger partial charge in [-0.1, -0.05) is 8.75 Å². The Hall–Kier alpha value is 0.300. The van der Waals surface area contributed by atoms with Gasteiger partial charge >= 0.3 is 0 Å². The summed E-state index contributed by atoms with van der Waals surface area (Å²) in [6.07, 6.45) is 0. The number of hydrogen-bond donors (Lipinski definition) is 7. The summed E-state index contributed by atoms with van der Waals surface area (Å²) in [5, 5.41) is 17.0. The van der Waals surface area contributed by atoms with Crippen LogP contribution in [-0.2, 0) is 0 Å².